The maximum atomic E-state index is 13.4. The molecule has 1 aromatic carbocycles. The summed E-state index contributed by atoms with van der Waals surface area (Å²) in [5.41, 5.74) is 0.417. The number of nitrogens with one attached hydrogen (secondary N) is 1. The molecule has 2 amide bonds. The SMILES string of the molecule is CCN1CCN(C(=O)CC(=O)NCc2ccccc2F)CC1. The molecule has 0 aliphatic carbocycles. The Morgan fingerprint density at radius 2 is 1.86 bits per heavy atom. The van der Waals surface area contributed by atoms with Crippen LogP contribution in [0.1, 0.15) is 18.9 Å². The first-order chi connectivity index (χ1) is 10.6. The van der Waals surface area contributed by atoms with Crippen LogP contribution in [0.4, 0.5) is 4.39 Å². The minimum atomic E-state index is -0.369. The standard InChI is InChI=1S/C16H22FN3O2/c1-2-19-7-9-20(10-8-19)16(22)11-15(21)18-12-13-5-3-4-6-14(13)17/h3-6H,2,7-12H2,1H3,(H,18,21). The number of likely N-dealkylation sites (N-methyl/N-ethyl adjacent to an activating group) is 1. The molecule has 1 aliphatic heterocycles. The van der Waals surface area contributed by atoms with Gasteiger partial charge in [0, 0.05) is 38.3 Å². The first-order valence-corrected chi connectivity index (χ1v) is 7.60. The van der Waals surface area contributed by atoms with Crippen LogP contribution in [-0.4, -0.2) is 54.3 Å². The molecule has 0 atom stereocenters. The largest absolute Gasteiger partial charge is 0.351 e. The van der Waals surface area contributed by atoms with Gasteiger partial charge in [0.25, 0.3) is 0 Å². The van der Waals surface area contributed by atoms with Crippen molar-refractivity contribution in [2.75, 3.05) is 32.7 Å². The van der Waals surface area contributed by atoms with Gasteiger partial charge >= 0.3 is 0 Å². The smallest absolute Gasteiger partial charge is 0.232 e. The fourth-order valence-corrected chi connectivity index (χ4v) is 2.46. The third-order valence-corrected chi connectivity index (χ3v) is 3.92. The number of carbonyl (C=O) groups is 2. The number of hydrogen-bond donors (Lipinski definition) is 1. The number of benzene rings is 1. The highest BCUT2D eigenvalue weighted by molar-refractivity contribution is 5.96. The molecule has 1 aromatic rings. The molecule has 1 saturated heterocycles. The molecule has 1 aliphatic rings. The number of amides is 2. The highest BCUT2D eigenvalue weighted by Crippen LogP contribution is 2.06. The van der Waals surface area contributed by atoms with E-state index in [0.29, 0.717) is 18.7 Å². The van der Waals surface area contributed by atoms with Crippen LogP contribution in [0.5, 0.6) is 0 Å². The Hall–Kier alpha value is -1.95. The van der Waals surface area contributed by atoms with Crippen molar-refractivity contribution >= 4 is 11.8 Å². The highest BCUT2D eigenvalue weighted by atomic mass is 19.1. The third kappa shape index (κ3) is 4.53. The predicted molar refractivity (Wildman–Crippen MR) is 81.6 cm³/mol. The van der Waals surface area contributed by atoms with Crippen molar-refractivity contribution < 1.29 is 14.0 Å². The molecule has 0 radical (unpaired) electrons. The summed E-state index contributed by atoms with van der Waals surface area (Å²) in [4.78, 5) is 27.8. The third-order valence-electron chi connectivity index (χ3n) is 3.92. The molecular weight excluding hydrogens is 285 g/mol. The van der Waals surface area contributed by atoms with Crippen LogP contribution in [0.15, 0.2) is 24.3 Å². The maximum Gasteiger partial charge on any atom is 0.232 e. The number of carbonyl (C=O) groups excluding carboxylic acids is 2. The molecular formula is C16H22FN3O2. The molecule has 0 bridgehead atoms. The Kier molecular flexibility index (Phi) is 5.89. The Morgan fingerprint density at radius 3 is 2.50 bits per heavy atom. The molecule has 0 unspecified atom stereocenters. The minimum Gasteiger partial charge on any atom is -0.351 e. The molecule has 2 rings (SSSR count). The van der Waals surface area contributed by atoms with E-state index in [1.165, 1.54) is 6.07 Å². The zero-order valence-corrected chi connectivity index (χ0v) is 12.8. The van der Waals surface area contributed by atoms with E-state index in [-0.39, 0.29) is 30.6 Å². The molecule has 22 heavy (non-hydrogen) atoms. The topological polar surface area (TPSA) is 52.7 Å². The summed E-state index contributed by atoms with van der Waals surface area (Å²) in [5.74, 6) is -0.891. The minimum absolute atomic E-state index is 0.0996. The van der Waals surface area contributed by atoms with Crippen molar-refractivity contribution in [1.82, 2.24) is 15.1 Å². The molecule has 0 saturated carbocycles. The highest BCUT2D eigenvalue weighted by Gasteiger charge is 2.21. The van der Waals surface area contributed by atoms with Crippen molar-refractivity contribution in [3.8, 4) is 0 Å². The molecule has 1 N–H and O–H groups in total. The first-order valence-electron chi connectivity index (χ1n) is 7.60. The van der Waals surface area contributed by atoms with Gasteiger partial charge in [-0.15, -0.1) is 0 Å². The van der Waals surface area contributed by atoms with Crippen LogP contribution >= 0.6 is 0 Å². The van der Waals surface area contributed by atoms with Gasteiger partial charge in [-0.2, -0.15) is 0 Å². The van der Waals surface area contributed by atoms with E-state index in [2.05, 4.69) is 17.1 Å². The Morgan fingerprint density at radius 1 is 1.18 bits per heavy atom. The lowest BCUT2D eigenvalue weighted by atomic mass is 10.2. The van der Waals surface area contributed by atoms with Crippen molar-refractivity contribution in [2.24, 2.45) is 0 Å². The van der Waals surface area contributed by atoms with Gasteiger partial charge in [0.15, 0.2) is 0 Å². The summed E-state index contributed by atoms with van der Waals surface area (Å²) in [5, 5.41) is 2.59. The summed E-state index contributed by atoms with van der Waals surface area (Å²) in [6, 6.07) is 6.27. The van der Waals surface area contributed by atoms with Crippen LogP contribution in [0.2, 0.25) is 0 Å². The van der Waals surface area contributed by atoms with Gasteiger partial charge in [-0.05, 0) is 12.6 Å². The lowest BCUT2D eigenvalue weighted by Crippen LogP contribution is -2.49. The molecule has 0 spiro atoms. The van der Waals surface area contributed by atoms with Gasteiger partial charge in [0.05, 0.1) is 0 Å². The second-order valence-electron chi connectivity index (χ2n) is 5.36. The number of hydrogen-bond acceptors (Lipinski definition) is 3. The number of piperazine rings is 1. The lowest BCUT2D eigenvalue weighted by Gasteiger charge is -2.33. The first kappa shape index (κ1) is 16.4. The van der Waals surface area contributed by atoms with Crippen LogP contribution < -0.4 is 5.32 Å². The van der Waals surface area contributed by atoms with Gasteiger partial charge < -0.3 is 15.1 Å². The quantitative estimate of drug-likeness (QED) is 0.826. The average Bonchev–Trinajstić information content (AvgIpc) is 2.54. The summed E-state index contributed by atoms with van der Waals surface area (Å²) >= 11 is 0. The Labute approximate surface area is 130 Å². The fraction of sp³-hybridized carbons (Fsp3) is 0.500. The van der Waals surface area contributed by atoms with E-state index in [0.717, 1.165) is 19.6 Å². The fourth-order valence-electron chi connectivity index (χ4n) is 2.46. The van der Waals surface area contributed by atoms with Crippen molar-refractivity contribution in [3.05, 3.63) is 35.6 Å². The number of nitrogens with zero attached hydrogens (tertiary/aromatic N) is 2. The second-order valence-corrected chi connectivity index (χ2v) is 5.36. The van der Waals surface area contributed by atoms with Gasteiger partial charge in [-0.1, -0.05) is 25.1 Å². The van der Waals surface area contributed by atoms with E-state index in [1.54, 1.807) is 23.1 Å². The Bertz CT molecular complexity index is 528. The van der Waals surface area contributed by atoms with E-state index < -0.39 is 0 Å². The number of rotatable bonds is 5. The van der Waals surface area contributed by atoms with Gasteiger partial charge in [-0.3, -0.25) is 9.59 Å². The monoisotopic (exact) mass is 307 g/mol. The molecule has 5 nitrogen and oxygen atoms in total. The van der Waals surface area contributed by atoms with Crippen LogP contribution in [-0.2, 0) is 16.1 Å². The zero-order valence-electron chi connectivity index (χ0n) is 12.8. The van der Waals surface area contributed by atoms with Crippen molar-refractivity contribution in [2.45, 2.75) is 19.9 Å². The van der Waals surface area contributed by atoms with E-state index in [1.807, 2.05) is 0 Å². The summed E-state index contributed by atoms with van der Waals surface area (Å²) < 4.78 is 13.4. The van der Waals surface area contributed by atoms with E-state index in [9.17, 15) is 14.0 Å². The Balaban J connectivity index is 1.75. The number of halogens is 1. The van der Waals surface area contributed by atoms with E-state index >= 15 is 0 Å². The maximum absolute atomic E-state index is 13.4. The predicted octanol–water partition coefficient (Wildman–Crippen LogP) is 0.996. The normalized spacial score (nSPS) is 15.6. The summed E-state index contributed by atoms with van der Waals surface area (Å²) in [6.45, 7) is 6.18. The molecule has 120 valence electrons. The van der Waals surface area contributed by atoms with Crippen LogP contribution in [0.3, 0.4) is 0 Å². The van der Waals surface area contributed by atoms with Gasteiger partial charge in [-0.25, -0.2) is 4.39 Å². The molecule has 0 aromatic heterocycles. The second kappa shape index (κ2) is 7.89. The van der Waals surface area contributed by atoms with Crippen LogP contribution in [0.25, 0.3) is 0 Å². The summed E-state index contributed by atoms with van der Waals surface area (Å²) in [6.07, 6.45) is -0.180. The van der Waals surface area contributed by atoms with E-state index in [4.69, 9.17) is 0 Å². The summed E-state index contributed by atoms with van der Waals surface area (Å²) in [7, 11) is 0. The van der Waals surface area contributed by atoms with Gasteiger partial charge in [0.1, 0.15) is 12.2 Å². The lowest BCUT2D eigenvalue weighted by molar-refractivity contribution is -0.137. The zero-order chi connectivity index (χ0) is 15.9. The van der Waals surface area contributed by atoms with Crippen molar-refractivity contribution in [3.63, 3.8) is 0 Å². The van der Waals surface area contributed by atoms with Crippen LogP contribution in [0, 0.1) is 5.82 Å². The molecule has 1 heterocycles. The van der Waals surface area contributed by atoms with Crippen molar-refractivity contribution in [1.29, 1.82) is 0 Å². The molecule has 6 heteroatoms. The molecule has 1 fully saturated rings. The van der Waals surface area contributed by atoms with Gasteiger partial charge in [0.2, 0.25) is 11.8 Å². The average molecular weight is 307 g/mol.